The highest BCUT2D eigenvalue weighted by atomic mass is 32.1. The number of piperidine rings is 1. The van der Waals surface area contributed by atoms with Gasteiger partial charge in [-0.1, -0.05) is 0 Å². The van der Waals surface area contributed by atoms with E-state index in [2.05, 4.69) is 10.1 Å². The largest absolute Gasteiger partial charge is 0.329 e. The van der Waals surface area contributed by atoms with E-state index in [4.69, 9.17) is 0 Å². The number of nitrogens with one attached hydrogen (secondary N) is 1. The van der Waals surface area contributed by atoms with Crippen molar-refractivity contribution in [2.75, 3.05) is 6.54 Å². The molecule has 1 fully saturated rings. The standard InChI is InChI=1S/C17H18N4O2S/c1-11-6-9-24-16(11)17(23)20-8-3-2-4-13(20)12-10-15(22)21-14(19-12)5-7-18-21/h5-7,9-10,13,18H,2-4,8H2,1H3/t13-/m1/s1. The van der Waals surface area contributed by atoms with Crippen molar-refractivity contribution in [3.8, 4) is 0 Å². The van der Waals surface area contributed by atoms with E-state index >= 15 is 0 Å². The van der Waals surface area contributed by atoms with E-state index in [9.17, 15) is 9.59 Å². The predicted octanol–water partition coefficient (Wildman–Crippen LogP) is 2.76. The van der Waals surface area contributed by atoms with Gasteiger partial charge in [0.2, 0.25) is 0 Å². The van der Waals surface area contributed by atoms with Crippen molar-refractivity contribution in [3.63, 3.8) is 0 Å². The van der Waals surface area contributed by atoms with E-state index in [-0.39, 0.29) is 17.5 Å². The monoisotopic (exact) mass is 342 g/mol. The lowest BCUT2D eigenvalue weighted by molar-refractivity contribution is 0.0610. The number of carbonyl (C=O) groups is 1. The molecule has 0 spiro atoms. The molecule has 0 aliphatic carbocycles. The average molecular weight is 342 g/mol. The first kappa shape index (κ1) is 15.1. The van der Waals surface area contributed by atoms with Crippen molar-refractivity contribution in [2.24, 2.45) is 0 Å². The molecule has 1 amide bonds. The Labute approximate surface area is 142 Å². The van der Waals surface area contributed by atoms with Gasteiger partial charge in [0, 0.05) is 24.9 Å². The number of fused-ring (bicyclic) bond motifs is 1. The minimum Gasteiger partial charge on any atom is -0.329 e. The summed E-state index contributed by atoms with van der Waals surface area (Å²) in [6, 6.07) is 5.14. The Morgan fingerprint density at radius 2 is 2.25 bits per heavy atom. The van der Waals surface area contributed by atoms with E-state index in [0.29, 0.717) is 17.9 Å². The zero-order chi connectivity index (χ0) is 16.7. The van der Waals surface area contributed by atoms with Gasteiger partial charge >= 0.3 is 0 Å². The number of aromatic amines is 1. The van der Waals surface area contributed by atoms with E-state index in [1.54, 1.807) is 18.3 Å². The highest BCUT2D eigenvalue weighted by Gasteiger charge is 2.31. The van der Waals surface area contributed by atoms with Gasteiger partial charge in [0.05, 0.1) is 16.6 Å². The zero-order valence-electron chi connectivity index (χ0n) is 13.4. The van der Waals surface area contributed by atoms with Crippen LogP contribution in [0.3, 0.4) is 0 Å². The number of H-pyrrole nitrogens is 1. The summed E-state index contributed by atoms with van der Waals surface area (Å²) in [5, 5.41) is 4.79. The number of rotatable bonds is 2. The van der Waals surface area contributed by atoms with Crippen LogP contribution in [0.2, 0.25) is 0 Å². The number of likely N-dealkylation sites (tertiary alicyclic amines) is 1. The van der Waals surface area contributed by atoms with Crippen LogP contribution in [0.25, 0.3) is 5.65 Å². The number of hydrogen-bond donors (Lipinski definition) is 1. The van der Waals surface area contributed by atoms with Crippen LogP contribution in [-0.2, 0) is 0 Å². The van der Waals surface area contributed by atoms with Crippen LogP contribution in [0.4, 0.5) is 0 Å². The van der Waals surface area contributed by atoms with Gasteiger partial charge in [0.15, 0.2) is 5.65 Å². The van der Waals surface area contributed by atoms with Crippen LogP contribution in [0.5, 0.6) is 0 Å². The fourth-order valence-corrected chi connectivity index (χ4v) is 4.20. The molecule has 124 valence electrons. The zero-order valence-corrected chi connectivity index (χ0v) is 14.2. The second kappa shape index (κ2) is 5.90. The van der Waals surface area contributed by atoms with Crippen molar-refractivity contribution in [1.82, 2.24) is 19.5 Å². The Bertz CT molecular complexity index is 955. The summed E-state index contributed by atoms with van der Waals surface area (Å²) in [5.41, 5.74) is 2.12. The van der Waals surface area contributed by atoms with E-state index in [1.807, 2.05) is 23.3 Å². The van der Waals surface area contributed by atoms with Crippen molar-refractivity contribution >= 4 is 22.9 Å². The maximum atomic E-state index is 13.0. The summed E-state index contributed by atoms with van der Waals surface area (Å²) >= 11 is 1.47. The number of aromatic nitrogens is 3. The van der Waals surface area contributed by atoms with Crippen LogP contribution in [0.1, 0.15) is 46.2 Å². The van der Waals surface area contributed by atoms with Crippen molar-refractivity contribution < 1.29 is 4.79 Å². The van der Waals surface area contributed by atoms with Crippen molar-refractivity contribution in [2.45, 2.75) is 32.2 Å². The molecule has 3 aromatic heterocycles. The molecule has 4 rings (SSSR count). The van der Waals surface area contributed by atoms with Gasteiger partial charge in [-0.3, -0.25) is 14.7 Å². The number of thiophene rings is 1. The molecule has 0 aromatic carbocycles. The molecular weight excluding hydrogens is 324 g/mol. The Morgan fingerprint density at radius 1 is 1.38 bits per heavy atom. The molecule has 1 aliphatic heterocycles. The molecule has 0 bridgehead atoms. The second-order valence-electron chi connectivity index (χ2n) is 6.12. The number of amides is 1. The summed E-state index contributed by atoms with van der Waals surface area (Å²) < 4.78 is 1.40. The van der Waals surface area contributed by atoms with Crippen LogP contribution in [-0.4, -0.2) is 31.9 Å². The Morgan fingerprint density at radius 3 is 3.04 bits per heavy atom. The molecule has 0 radical (unpaired) electrons. The highest BCUT2D eigenvalue weighted by Crippen LogP contribution is 2.32. The third-order valence-electron chi connectivity index (χ3n) is 4.56. The molecule has 1 aliphatic rings. The maximum absolute atomic E-state index is 13.0. The van der Waals surface area contributed by atoms with Crippen LogP contribution >= 0.6 is 11.3 Å². The van der Waals surface area contributed by atoms with Gasteiger partial charge in [-0.05, 0) is 43.2 Å². The minimum absolute atomic E-state index is 0.0447. The molecular formula is C17H18N4O2S. The molecule has 4 heterocycles. The fraction of sp³-hybridized carbons (Fsp3) is 0.353. The lowest BCUT2D eigenvalue weighted by atomic mass is 9.98. The van der Waals surface area contributed by atoms with Gasteiger partial charge in [0.1, 0.15) is 0 Å². The molecule has 6 nitrogen and oxygen atoms in total. The Kier molecular flexibility index (Phi) is 3.72. The topological polar surface area (TPSA) is 70.5 Å². The van der Waals surface area contributed by atoms with Crippen molar-refractivity contribution in [1.29, 1.82) is 0 Å². The van der Waals surface area contributed by atoms with Crippen LogP contribution in [0.15, 0.2) is 34.6 Å². The Hall–Kier alpha value is -2.41. The molecule has 3 aromatic rings. The minimum atomic E-state index is -0.148. The quantitative estimate of drug-likeness (QED) is 0.778. The number of nitrogens with zero attached hydrogens (tertiary/aromatic N) is 3. The van der Waals surface area contributed by atoms with Gasteiger partial charge in [0.25, 0.3) is 11.5 Å². The second-order valence-corrected chi connectivity index (χ2v) is 7.03. The molecule has 1 saturated heterocycles. The van der Waals surface area contributed by atoms with Crippen LogP contribution < -0.4 is 5.56 Å². The predicted molar refractivity (Wildman–Crippen MR) is 92.5 cm³/mol. The maximum Gasteiger partial charge on any atom is 0.272 e. The summed E-state index contributed by atoms with van der Waals surface area (Å²) in [6.07, 6.45) is 4.54. The van der Waals surface area contributed by atoms with Crippen molar-refractivity contribution in [3.05, 3.63) is 56.3 Å². The average Bonchev–Trinajstić information content (AvgIpc) is 3.23. The molecule has 1 N–H and O–H groups in total. The van der Waals surface area contributed by atoms with Gasteiger partial charge in [-0.2, -0.15) is 0 Å². The fourth-order valence-electron chi connectivity index (χ4n) is 3.32. The normalized spacial score (nSPS) is 18.2. The SMILES string of the molecule is Cc1ccsc1C(=O)N1CCCC[C@@H]1c1cc(=O)n2[nH]ccc2n1. The van der Waals surface area contributed by atoms with Gasteiger partial charge < -0.3 is 4.90 Å². The molecule has 7 heteroatoms. The summed E-state index contributed by atoms with van der Waals surface area (Å²) in [6.45, 7) is 2.66. The Balaban J connectivity index is 1.74. The van der Waals surface area contributed by atoms with E-state index < -0.39 is 0 Å². The lowest BCUT2D eigenvalue weighted by Gasteiger charge is -2.35. The third-order valence-corrected chi connectivity index (χ3v) is 5.57. The first-order chi connectivity index (χ1) is 11.6. The number of aryl methyl sites for hydroxylation is 1. The lowest BCUT2D eigenvalue weighted by Crippen LogP contribution is -2.39. The smallest absolute Gasteiger partial charge is 0.272 e. The number of carbonyl (C=O) groups excluding carboxylic acids is 1. The first-order valence-corrected chi connectivity index (χ1v) is 8.95. The summed E-state index contributed by atoms with van der Waals surface area (Å²) in [5.74, 6) is 0.0447. The molecule has 1 atom stereocenters. The third kappa shape index (κ3) is 2.45. The highest BCUT2D eigenvalue weighted by molar-refractivity contribution is 7.12. The molecule has 0 unspecified atom stereocenters. The summed E-state index contributed by atoms with van der Waals surface area (Å²) in [4.78, 5) is 32.5. The van der Waals surface area contributed by atoms with Crippen LogP contribution in [0, 0.1) is 6.92 Å². The molecule has 24 heavy (non-hydrogen) atoms. The molecule has 0 saturated carbocycles. The van der Waals surface area contributed by atoms with E-state index in [1.165, 1.54) is 15.9 Å². The first-order valence-electron chi connectivity index (χ1n) is 8.07. The number of hydrogen-bond acceptors (Lipinski definition) is 4. The van der Waals surface area contributed by atoms with Gasteiger partial charge in [-0.15, -0.1) is 11.3 Å². The van der Waals surface area contributed by atoms with Gasteiger partial charge in [-0.25, -0.2) is 9.50 Å². The van der Waals surface area contributed by atoms with E-state index in [0.717, 1.165) is 29.7 Å². The summed E-state index contributed by atoms with van der Waals surface area (Å²) in [7, 11) is 0.